The average Bonchev–Trinajstić information content (AvgIpc) is 2.91. The maximum absolute atomic E-state index is 6.21. The molecule has 2 aliphatic rings. The van der Waals surface area contributed by atoms with E-state index in [0.717, 1.165) is 42.4 Å². The summed E-state index contributed by atoms with van der Waals surface area (Å²) in [5.41, 5.74) is 7.88. The maximum atomic E-state index is 6.21. The summed E-state index contributed by atoms with van der Waals surface area (Å²) in [5.74, 6) is 5.65. The Bertz CT molecular complexity index is 560. The van der Waals surface area contributed by atoms with Gasteiger partial charge in [-0.15, -0.1) is 11.3 Å². The van der Waals surface area contributed by atoms with Crippen molar-refractivity contribution >= 4 is 22.9 Å². The number of nitrogens with one attached hydrogen (secondary N) is 1. The molecule has 1 aromatic heterocycles. The summed E-state index contributed by atoms with van der Waals surface area (Å²) in [6.07, 6.45) is 4.45. The van der Waals surface area contributed by atoms with Crippen LogP contribution >= 0.6 is 22.9 Å². The van der Waals surface area contributed by atoms with Gasteiger partial charge < -0.3 is 20.8 Å². The second kappa shape index (κ2) is 7.85. The molecular weight excluding hydrogens is 332 g/mol. The molecule has 0 bridgehead atoms. The molecule has 0 radical (unpaired) electrons. The molecule has 1 aromatic rings. The maximum Gasteiger partial charge on any atom is 0.0973 e. The SMILES string of the molecule is CC.CN(N)/C=C(\N)C1CC2(CCN1)OCCc1sc(Cl)cc12. The lowest BCUT2D eigenvalue weighted by atomic mass is 9.79. The van der Waals surface area contributed by atoms with Crippen molar-refractivity contribution in [3.8, 4) is 0 Å². The van der Waals surface area contributed by atoms with E-state index >= 15 is 0 Å². The van der Waals surface area contributed by atoms with Gasteiger partial charge in [0.05, 0.1) is 22.6 Å². The molecule has 0 aliphatic carbocycles. The lowest BCUT2D eigenvalue weighted by Crippen LogP contribution is -2.51. The lowest BCUT2D eigenvalue weighted by molar-refractivity contribution is -0.0858. The van der Waals surface area contributed by atoms with Crippen LogP contribution in [0.5, 0.6) is 0 Å². The monoisotopic (exact) mass is 358 g/mol. The first-order chi connectivity index (χ1) is 11.0. The van der Waals surface area contributed by atoms with Crippen LogP contribution in [0.4, 0.5) is 0 Å². The van der Waals surface area contributed by atoms with Gasteiger partial charge in [0.1, 0.15) is 0 Å². The second-order valence-electron chi connectivity index (χ2n) is 5.74. The second-order valence-corrected chi connectivity index (χ2v) is 7.50. The van der Waals surface area contributed by atoms with Gasteiger partial charge in [0, 0.05) is 36.7 Å². The minimum Gasteiger partial charge on any atom is -0.400 e. The molecule has 3 rings (SSSR count). The first kappa shape index (κ1) is 18.5. The lowest BCUT2D eigenvalue weighted by Gasteiger charge is -2.44. The van der Waals surface area contributed by atoms with Crippen LogP contribution in [-0.4, -0.2) is 31.3 Å². The van der Waals surface area contributed by atoms with Gasteiger partial charge in [0.25, 0.3) is 0 Å². The zero-order chi connectivity index (χ0) is 17.0. The first-order valence-electron chi connectivity index (χ1n) is 8.11. The Labute approximate surface area is 147 Å². The van der Waals surface area contributed by atoms with E-state index in [1.807, 2.05) is 13.8 Å². The molecule has 2 unspecified atom stereocenters. The summed E-state index contributed by atoms with van der Waals surface area (Å²) in [6.45, 7) is 5.61. The van der Waals surface area contributed by atoms with Gasteiger partial charge in [-0.2, -0.15) is 0 Å². The van der Waals surface area contributed by atoms with E-state index in [-0.39, 0.29) is 11.6 Å². The van der Waals surface area contributed by atoms with E-state index in [2.05, 4.69) is 11.4 Å². The summed E-state index contributed by atoms with van der Waals surface area (Å²) >= 11 is 7.88. The van der Waals surface area contributed by atoms with Crippen molar-refractivity contribution in [2.45, 2.75) is 44.8 Å². The van der Waals surface area contributed by atoms with Gasteiger partial charge in [-0.3, -0.25) is 0 Å². The number of nitrogens with zero attached hydrogens (tertiary/aromatic N) is 1. The van der Waals surface area contributed by atoms with Crippen LogP contribution < -0.4 is 16.9 Å². The highest BCUT2D eigenvalue weighted by Gasteiger charge is 2.43. The molecule has 2 atom stereocenters. The van der Waals surface area contributed by atoms with Crippen LogP contribution in [0, 0.1) is 0 Å². The molecule has 5 nitrogen and oxygen atoms in total. The fraction of sp³-hybridized carbons (Fsp3) is 0.625. The number of piperidine rings is 1. The Morgan fingerprint density at radius 2 is 2.30 bits per heavy atom. The molecule has 1 fully saturated rings. The van der Waals surface area contributed by atoms with Crippen LogP contribution in [0.15, 0.2) is 18.0 Å². The number of nitrogens with two attached hydrogens (primary N) is 2. The minimum absolute atomic E-state index is 0.0642. The number of hydrazine groups is 1. The molecule has 1 saturated heterocycles. The predicted molar refractivity (Wildman–Crippen MR) is 97.3 cm³/mol. The number of hydrogen-bond donors (Lipinski definition) is 3. The Balaban J connectivity index is 0.000000924. The summed E-state index contributed by atoms with van der Waals surface area (Å²) in [6, 6.07) is 2.13. The fourth-order valence-corrected chi connectivity index (χ4v) is 4.61. The molecule has 130 valence electrons. The number of ether oxygens (including phenoxy) is 1. The molecule has 7 heteroatoms. The van der Waals surface area contributed by atoms with Crippen LogP contribution in [0.1, 0.15) is 37.1 Å². The van der Waals surface area contributed by atoms with Crippen LogP contribution in [-0.2, 0) is 16.8 Å². The highest BCUT2D eigenvalue weighted by atomic mass is 35.5. The molecule has 1 spiro atoms. The number of rotatable bonds is 2. The highest BCUT2D eigenvalue weighted by Crippen LogP contribution is 2.46. The zero-order valence-corrected chi connectivity index (χ0v) is 15.6. The third-order valence-corrected chi connectivity index (χ3v) is 5.51. The van der Waals surface area contributed by atoms with Crippen LogP contribution in [0.25, 0.3) is 0 Å². The van der Waals surface area contributed by atoms with Crippen molar-refractivity contribution in [1.29, 1.82) is 0 Å². The highest BCUT2D eigenvalue weighted by molar-refractivity contribution is 7.16. The smallest absolute Gasteiger partial charge is 0.0973 e. The molecule has 3 heterocycles. The topological polar surface area (TPSA) is 76.5 Å². The van der Waals surface area contributed by atoms with Gasteiger partial charge in [0.2, 0.25) is 0 Å². The molecule has 2 aliphatic heterocycles. The number of halogens is 1. The fourth-order valence-electron chi connectivity index (χ4n) is 3.27. The Morgan fingerprint density at radius 1 is 1.57 bits per heavy atom. The van der Waals surface area contributed by atoms with Gasteiger partial charge in [-0.1, -0.05) is 25.4 Å². The van der Waals surface area contributed by atoms with Crippen molar-refractivity contribution in [2.24, 2.45) is 11.6 Å². The Hall–Kier alpha value is -0.790. The standard InChI is InChI=1S/C14H21ClN4OS.C2H6/c1-19(17)8-10(16)11-7-14(3-4-18-11)9-6-13(15)21-12(9)2-5-20-14;1-2/h6,8,11,18H,2-5,7,16-17H2,1H3;1-2H3/b10-8-;. The Kier molecular flexibility index (Phi) is 6.33. The molecule has 5 N–H and O–H groups in total. The quantitative estimate of drug-likeness (QED) is 0.559. The van der Waals surface area contributed by atoms with E-state index in [9.17, 15) is 0 Å². The van der Waals surface area contributed by atoms with Crippen molar-refractivity contribution in [3.05, 3.63) is 32.7 Å². The molecule has 0 saturated carbocycles. The molecule has 0 aromatic carbocycles. The van der Waals surface area contributed by atoms with E-state index in [1.165, 1.54) is 15.4 Å². The van der Waals surface area contributed by atoms with E-state index < -0.39 is 0 Å². The summed E-state index contributed by atoms with van der Waals surface area (Å²) < 4.78 is 7.05. The molecular formula is C16H27ClN4OS. The summed E-state index contributed by atoms with van der Waals surface area (Å²) in [7, 11) is 1.76. The predicted octanol–water partition coefficient (Wildman–Crippen LogP) is 2.55. The molecule has 23 heavy (non-hydrogen) atoms. The summed E-state index contributed by atoms with van der Waals surface area (Å²) in [4.78, 5) is 1.35. The van der Waals surface area contributed by atoms with E-state index in [0.29, 0.717) is 0 Å². The number of thiophene rings is 1. The molecule has 0 amide bonds. The number of fused-ring (bicyclic) bond motifs is 2. The van der Waals surface area contributed by atoms with Crippen molar-refractivity contribution < 1.29 is 4.74 Å². The van der Waals surface area contributed by atoms with Crippen LogP contribution in [0.2, 0.25) is 4.34 Å². The van der Waals surface area contributed by atoms with Crippen molar-refractivity contribution in [1.82, 2.24) is 10.3 Å². The van der Waals surface area contributed by atoms with Gasteiger partial charge in [0.15, 0.2) is 0 Å². The van der Waals surface area contributed by atoms with Gasteiger partial charge in [-0.05, 0) is 24.6 Å². The Morgan fingerprint density at radius 3 is 3.00 bits per heavy atom. The van der Waals surface area contributed by atoms with Gasteiger partial charge >= 0.3 is 0 Å². The van der Waals surface area contributed by atoms with Crippen molar-refractivity contribution in [3.63, 3.8) is 0 Å². The average molecular weight is 359 g/mol. The third kappa shape index (κ3) is 4.00. The first-order valence-corrected chi connectivity index (χ1v) is 9.30. The van der Waals surface area contributed by atoms with Gasteiger partial charge in [-0.25, -0.2) is 5.84 Å². The third-order valence-electron chi connectivity index (χ3n) is 4.19. The number of hydrogen-bond acceptors (Lipinski definition) is 6. The zero-order valence-electron chi connectivity index (χ0n) is 14.1. The van der Waals surface area contributed by atoms with Crippen molar-refractivity contribution in [2.75, 3.05) is 20.2 Å². The van der Waals surface area contributed by atoms with E-state index in [1.54, 1.807) is 24.6 Å². The minimum atomic E-state index is -0.265. The van der Waals surface area contributed by atoms with E-state index in [4.69, 9.17) is 27.9 Å². The van der Waals surface area contributed by atoms with Crippen LogP contribution in [0.3, 0.4) is 0 Å². The summed E-state index contributed by atoms with van der Waals surface area (Å²) in [5, 5.41) is 4.93. The normalized spacial score (nSPS) is 27.2. The largest absolute Gasteiger partial charge is 0.400 e.